The Kier molecular flexibility index (Phi) is 11.9. The van der Waals surface area contributed by atoms with Crippen molar-refractivity contribution in [1.82, 2.24) is 5.48 Å². The van der Waals surface area contributed by atoms with E-state index in [0.29, 0.717) is 19.6 Å². The third-order valence-electron chi connectivity index (χ3n) is 3.24. The highest BCUT2D eigenvalue weighted by molar-refractivity contribution is 5.92. The monoisotopic (exact) mass is 365 g/mol. The second kappa shape index (κ2) is 13.0. The summed E-state index contributed by atoms with van der Waals surface area (Å²) in [6, 6.07) is 4.25. The van der Waals surface area contributed by atoms with Crippen molar-refractivity contribution < 1.29 is 9.57 Å². The molecule has 7 nitrogen and oxygen atoms in total. The van der Waals surface area contributed by atoms with Crippen molar-refractivity contribution in [3.63, 3.8) is 0 Å². The van der Waals surface area contributed by atoms with Gasteiger partial charge in [0, 0.05) is 12.5 Å². The summed E-state index contributed by atoms with van der Waals surface area (Å²) in [5, 5.41) is 0. The van der Waals surface area contributed by atoms with Gasteiger partial charge >= 0.3 is 0 Å². The zero-order chi connectivity index (χ0) is 20.1. The van der Waals surface area contributed by atoms with Crippen LogP contribution in [0.2, 0.25) is 0 Å². The maximum atomic E-state index is 5.78. The van der Waals surface area contributed by atoms with Crippen LogP contribution in [0.3, 0.4) is 0 Å². The molecule has 0 bridgehead atoms. The number of hydroxylamine groups is 1. The molecule has 1 aromatic rings. The summed E-state index contributed by atoms with van der Waals surface area (Å²) in [6.45, 7) is 15.0. The van der Waals surface area contributed by atoms with E-state index in [1.807, 2.05) is 34.6 Å². The molecule has 0 heterocycles. The highest BCUT2D eigenvalue weighted by Gasteiger charge is 2.03. The summed E-state index contributed by atoms with van der Waals surface area (Å²) < 4.78 is 5.78. The fourth-order valence-corrected chi connectivity index (χ4v) is 1.97. The molecule has 0 saturated carbocycles. The Morgan fingerprint density at radius 3 is 2.27 bits per heavy atom. The Labute approximate surface area is 157 Å². The van der Waals surface area contributed by atoms with Crippen molar-refractivity contribution >= 4 is 11.9 Å². The molecule has 0 unspecified atom stereocenters. The number of ether oxygens (including phenoxy) is 1. The molecule has 0 fully saturated rings. The molecule has 5 N–H and O–H groups in total. The minimum Gasteiger partial charge on any atom is -0.493 e. The van der Waals surface area contributed by atoms with Crippen molar-refractivity contribution in [3.05, 3.63) is 28.8 Å². The molecule has 0 atom stereocenters. The fourth-order valence-electron chi connectivity index (χ4n) is 1.97. The van der Waals surface area contributed by atoms with Gasteiger partial charge in [-0.25, -0.2) is 10.5 Å². The van der Waals surface area contributed by atoms with Gasteiger partial charge in [0.05, 0.1) is 13.2 Å². The van der Waals surface area contributed by atoms with Crippen LogP contribution in [-0.4, -0.2) is 31.2 Å². The van der Waals surface area contributed by atoms with E-state index in [-0.39, 0.29) is 18.0 Å². The van der Waals surface area contributed by atoms with Gasteiger partial charge in [-0.1, -0.05) is 19.9 Å². The van der Waals surface area contributed by atoms with Gasteiger partial charge in [-0.15, -0.1) is 0 Å². The quantitative estimate of drug-likeness (QED) is 0.298. The maximum Gasteiger partial charge on any atom is 0.221 e. The number of hydrogen-bond acceptors (Lipinski definition) is 3. The summed E-state index contributed by atoms with van der Waals surface area (Å²) >= 11 is 0. The van der Waals surface area contributed by atoms with Crippen molar-refractivity contribution in [3.8, 4) is 5.75 Å². The summed E-state index contributed by atoms with van der Waals surface area (Å²) in [4.78, 5) is 13.1. The van der Waals surface area contributed by atoms with Crippen LogP contribution in [-0.2, 0) is 4.84 Å². The number of guanidine groups is 2. The first kappa shape index (κ1) is 23.7. The third kappa shape index (κ3) is 9.88. The average Bonchev–Trinajstić information content (AvgIpc) is 2.56. The summed E-state index contributed by atoms with van der Waals surface area (Å²) in [6.07, 6.45) is 0.711. The third-order valence-corrected chi connectivity index (χ3v) is 3.24. The highest BCUT2D eigenvalue weighted by Crippen LogP contribution is 2.22. The predicted octanol–water partition coefficient (Wildman–Crippen LogP) is 2.97. The number of nitrogens with one attached hydrogen (secondary N) is 1. The van der Waals surface area contributed by atoms with Gasteiger partial charge in [-0.2, -0.15) is 4.99 Å². The van der Waals surface area contributed by atoms with Crippen molar-refractivity contribution in [2.45, 2.75) is 60.9 Å². The van der Waals surface area contributed by atoms with Crippen molar-refractivity contribution in [1.29, 1.82) is 0 Å². The zero-order valence-corrected chi connectivity index (χ0v) is 17.2. The molecule has 0 radical (unpaired) electrons. The van der Waals surface area contributed by atoms with Gasteiger partial charge < -0.3 is 16.2 Å². The Balaban J connectivity index is 0.00000301. The lowest BCUT2D eigenvalue weighted by molar-refractivity contribution is 0.0738. The summed E-state index contributed by atoms with van der Waals surface area (Å²) in [5.41, 5.74) is 17.4. The molecule has 0 spiro atoms. The van der Waals surface area contributed by atoms with E-state index in [4.69, 9.17) is 21.0 Å². The minimum absolute atomic E-state index is 0.0634. The van der Waals surface area contributed by atoms with Gasteiger partial charge in [0.1, 0.15) is 5.75 Å². The van der Waals surface area contributed by atoms with Crippen molar-refractivity contribution in [2.75, 3.05) is 13.2 Å². The smallest absolute Gasteiger partial charge is 0.221 e. The van der Waals surface area contributed by atoms with Gasteiger partial charge in [0.2, 0.25) is 11.9 Å². The van der Waals surface area contributed by atoms with E-state index in [1.165, 1.54) is 11.1 Å². The molecule has 0 amide bonds. The summed E-state index contributed by atoms with van der Waals surface area (Å²) in [7, 11) is 0. The van der Waals surface area contributed by atoms with Gasteiger partial charge in [0.25, 0.3) is 0 Å². The molecular formula is C19H35N5O2. The molecule has 0 aromatic heterocycles. The Hall–Kier alpha value is -2.28. The topological polar surface area (TPSA) is 107 Å². The first-order valence-electron chi connectivity index (χ1n) is 9.05. The van der Waals surface area contributed by atoms with Crippen LogP contribution in [0.5, 0.6) is 5.75 Å². The molecule has 7 heteroatoms. The van der Waals surface area contributed by atoms with Crippen molar-refractivity contribution in [2.24, 2.45) is 21.5 Å². The van der Waals surface area contributed by atoms with Crippen LogP contribution in [0.1, 0.15) is 50.8 Å². The molecule has 0 aliphatic rings. The Morgan fingerprint density at radius 2 is 1.65 bits per heavy atom. The summed E-state index contributed by atoms with van der Waals surface area (Å²) in [5.74, 6) is 1.10. The second-order valence-corrected chi connectivity index (χ2v) is 5.93. The van der Waals surface area contributed by atoms with Crippen LogP contribution in [0.15, 0.2) is 22.1 Å². The minimum atomic E-state index is 0.0634. The average molecular weight is 366 g/mol. The SMILES string of the molecule is CC.Cc1cc(C)c(OCCCON/C(N)=N\C(N)=NC(C)C)cc1C. The first-order valence-corrected chi connectivity index (χ1v) is 9.05. The van der Waals surface area contributed by atoms with E-state index >= 15 is 0 Å². The molecule has 0 aliphatic heterocycles. The molecule has 0 aliphatic carbocycles. The van der Waals surface area contributed by atoms with E-state index in [1.54, 1.807) is 0 Å². The number of nitrogens with two attached hydrogens (primary N) is 2. The van der Waals surface area contributed by atoms with Gasteiger partial charge in [-0.3, -0.25) is 4.84 Å². The van der Waals surface area contributed by atoms with Gasteiger partial charge in [-0.05, 0) is 57.4 Å². The lowest BCUT2D eigenvalue weighted by Gasteiger charge is -2.12. The Morgan fingerprint density at radius 1 is 1.04 bits per heavy atom. The van der Waals surface area contributed by atoms with Crippen LogP contribution in [0, 0.1) is 20.8 Å². The number of benzene rings is 1. The molecule has 148 valence electrons. The number of hydrogen-bond donors (Lipinski definition) is 3. The largest absolute Gasteiger partial charge is 0.493 e. The highest BCUT2D eigenvalue weighted by atomic mass is 16.6. The van der Waals surface area contributed by atoms with Crippen LogP contribution >= 0.6 is 0 Å². The zero-order valence-electron chi connectivity index (χ0n) is 17.2. The van der Waals surface area contributed by atoms with E-state index < -0.39 is 0 Å². The number of aryl methyl sites for hydroxylation is 3. The van der Waals surface area contributed by atoms with E-state index in [9.17, 15) is 0 Å². The normalized spacial score (nSPS) is 11.8. The molecule has 0 saturated heterocycles. The number of rotatable bonds is 7. The molecular weight excluding hydrogens is 330 g/mol. The lowest BCUT2D eigenvalue weighted by Crippen LogP contribution is -2.34. The van der Waals surface area contributed by atoms with Gasteiger partial charge in [0.15, 0.2) is 0 Å². The molecule has 26 heavy (non-hydrogen) atoms. The van der Waals surface area contributed by atoms with Crippen LogP contribution < -0.4 is 21.7 Å². The maximum absolute atomic E-state index is 5.78. The molecule has 1 aromatic carbocycles. The van der Waals surface area contributed by atoms with Crippen LogP contribution in [0.4, 0.5) is 0 Å². The van der Waals surface area contributed by atoms with Crippen LogP contribution in [0.25, 0.3) is 0 Å². The molecule has 1 rings (SSSR count). The lowest BCUT2D eigenvalue weighted by atomic mass is 10.1. The number of nitrogens with zero attached hydrogens (tertiary/aromatic N) is 2. The fraction of sp³-hybridized carbons (Fsp3) is 0.579. The van der Waals surface area contributed by atoms with E-state index in [0.717, 1.165) is 11.3 Å². The standard InChI is InChI=1S/C17H29N5O2.C2H6/c1-11(2)20-16(18)21-17(19)22-24-8-6-7-23-15-10-13(4)12(3)9-14(15)5;1-2/h9-11H,6-8H2,1-5H3,(H5,18,19,20,21,22);1-2H3. The number of aliphatic imine (C=N–C) groups is 2. The van der Waals surface area contributed by atoms with E-state index in [2.05, 4.69) is 41.4 Å². The Bertz CT molecular complexity index is 598. The first-order chi connectivity index (χ1) is 12.3. The second-order valence-electron chi connectivity index (χ2n) is 5.93. The predicted molar refractivity (Wildman–Crippen MR) is 110 cm³/mol.